The highest BCUT2D eigenvalue weighted by Crippen LogP contribution is 2.29. The molecule has 1 heterocycles. The lowest BCUT2D eigenvalue weighted by molar-refractivity contribution is -0.115. The summed E-state index contributed by atoms with van der Waals surface area (Å²) in [5.41, 5.74) is 2.20. The van der Waals surface area contributed by atoms with Gasteiger partial charge in [0, 0.05) is 21.5 Å². The van der Waals surface area contributed by atoms with E-state index in [0.717, 1.165) is 21.9 Å². The maximum absolute atomic E-state index is 13.9. The number of hydrogen-bond donors (Lipinski definition) is 2. The molecule has 36 heavy (non-hydrogen) atoms. The van der Waals surface area contributed by atoms with Crippen LogP contribution in [0.5, 0.6) is 5.75 Å². The van der Waals surface area contributed by atoms with E-state index in [0.29, 0.717) is 17.4 Å². The number of halogens is 1. The van der Waals surface area contributed by atoms with Crippen LogP contribution in [0.4, 0.5) is 15.2 Å². The molecule has 2 amide bonds. The number of thioether (sulfide) groups is 1. The number of hydrogen-bond acceptors (Lipinski definition) is 6. The third kappa shape index (κ3) is 6.50. The fraction of sp³-hybridized carbons (Fsp3) is 0.148. The Bertz CT molecular complexity index is 1360. The van der Waals surface area contributed by atoms with Crippen molar-refractivity contribution in [3.63, 3.8) is 0 Å². The molecule has 0 aliphatic heterocycles. The number of carbonyl (C=O) groups is 2. The van der Waals surface area contributed by atoms with Crippen LogP contribution in [0, 0.1) is 5.82 Å². The minimum atomic E-state index is -0.585. The maximum Gasteiger partial charge on any atom is 0.258 e. The summed E-state index contributed by atoms with van der Waals surface area (Å²) in [4.78, 5) is 30.5. The number of rotatable bonds is 9. The van der Waals surface area contributed by atoms with Crippen LogP contribution in [-0.2, 0) is 4.79 Å². The van der Waals surface area contributed by atoms with Crippen molar-refractivity contribution < 1.29 is 18.7 Å². The van der Waals surface area contributed by atoms with Crippen molar-refractivity contribution in [2.24, 2.45) is 0 Å². The normalized spacial score (nSPS) is 11.5. The predicted octanol–water partition coefficient (Wildman–Crippen LogP) is 6.72. The standard InChI is InChI=1S/C27H24FN3O3S2/c1-3-34-20-13-11-18(12-14-20)24-16-35-27(30-24)31-25(32)17(2)36-21-8-6-7-19(15-21)29-26(33)22-9-4-5-10-23(22)28/h4-17H,3H2,1-2H3,(H,29,33)(H,30,31,32). The largest absolute Gasteiger partial charge is 0.494 e. The van der Waals surface area contributed by atoms with Gasteiger partial charge in [-0.2, -0.15) is 0 Å². The number of nitrogens with one attached hydrogen (secondary N) is 2. The van der Waals surface area contributed by atoms with E-state index in [2.05, 4.69) is 15.6 Å². The smallest absolute Gasteiger partial charge is 0.258 e. The van der Waals surface area contributed by atoms with Gasteiger partial charge in [0.15, 0.2) is 5.13 Å². The molecule has 0 saturated heterocycles. The second-order valence-corrected chi connectivity index (χ2v) is 9.98. The molecule has 0 saturated carbocycles. The Morgan fingerprint density at radius 1 is 1.06 bits per heavy atom. The van der Waals surface area contributed by atoms with Gasteiger partial charge in [0.25, 0.3) is 5.91 Å². The highest BCUT2D eigenvalue weighted by Gasteiger charge is 2.17. The zero-order chi connectivity index (χ0) is 25.5. The second kappa shape index (κ2) is 11.8. The van der Waals surface area contributed by atoms with E-state index in [-0.39, 0.29) is 11.5 Å². The number of aromatic nitrogens is 1. The van der Waals surface area contributed by atoms with Crippen molar-refractivity contribution in [2.45, 2.75) is 24.0 Å². The van der Waals surface area contributed by atoms with Gasteiger partial charge in [-0.1, -0.05) is 18.2 Å². The van der Waals surface area contributed by atoms with E-state index in [1.807, 2.05) is 42.6 Å². The average molecular weight is 522 g/mol. The molecule has 3 aromatic carbocycles. The van der Waals surface area contributed by atoms with Crippen molar-refractivity contribution in [3.05, 3.63) is 89.6 Å². The van der Waals surface area contributed by atoms with E-state index in [1.54, 1.807) is 31.2 Å². The summed E-state index contributed by atoms with van der Waals surface area (Å²) in [6.45, 7) is 4.34. The van der Waals surface area contributed by atoms with Crippen LogP contribution in [0.25, 0.3) is 11.3 Å². The fourth-order valence-electron chi connectivity index (χ4n) is 3.31. The SMILES string of the molecule is CCOc1ccc(-c2csc(NC(=O)C(C)Sc3cccc(NC(=O)c4ccccc4F)c3)n2)cc1. The molecule has 0 radical (unpaired) electrons. The van der Waals surface area contributed by atoms with Gasteiger partial charge in [-0.15, -0.1) is 23.1 Å². The lowest BCUT2D eigenvalue weighted by Gasteiger charge is -2.12. The van der Waals surface area contributed by atoms with Crippen LogP contribution in [0.15, 0.2) is 83.1 Å². The van der Waals surface area contributed by atoms with Crippen molar-refractivity contribution >= 4 is 45.7 Å². The Labute approximate surface area is 216 Å². The van der Waals surface area contributed by atoms with E-state index < -0.39 is 17.0 Å². The van der Waals surface area contributed by atoms with Crippen LogP contribution < -0.4 is 15.4 Å². The molecule has 2 N–H and O–H groups in total. The molecule has 4 aromatic rings. The zero-order valence-electron chi connectivity index (χ0n) is 19.7. The first-order chi connectivity index (χ1) is 17.4. The molecule has 0 aliphatic rings. The number of thiazole rings is 1. The Kier molecular flexibility index (Phi) is 8.35. The van der Waals surface area contributed by atoms with Crippen LogP contribution in [0.3, 0.4) is 0 Å². The number of amides is 2. The molecule has 0 fully saturated rings. The van der Waals surface area contributed by atoms with Gasteiger partial charge in [0.05, 0.1) is 23.1 Å². The summed E-state index contributed by atoms with van der Waals surface area (Å²) in [7, 11) is 0. The molecular formula is C27H24FN3O3S2. The molecule has 1 atom stereocenters. The number of anilines is 2. The topological polar surface area (TPSA) is 80.3 Å². The van der Waals surface area contributed by atoms with Gasteiger partial charge in [-0.25, -0.2) is 9.37 Å². The number of ether oxygens (including phenoxy) is 1. The zero-order valence-corrected chi connectivity index (χ0v) is 21.3. The monoisotopic (exact) mass is 521 g/mol. The lowest BCUT2D eigenvalue weighted by Crippen LogP contribution is -2.22. The first kappa shape index (κ1) is 25.4. The van der Waals surface area contributed by atoms with Gasteiger partial charge in [-0.3, -0.25) is 9.59 Å². The Morgan fingerprint density at radius 3 is 2.58 bits per heavy atom. The lowest BCUT2D eigenvalue weighted by atomic mass is 10.2. The molecule has 0 bridgehead atoms. The minimum Gasteiger partial charge on any atom is -0.494 e. The molecule has 1 unspecified atom stereocenters. The van der Waals surface area contributed by atoms with Gasteiger partial charge >= 0.3 is 0 Å². The van der Waals surface area contributed by atoms with Crippen molar-refractivity contribution in [3.8, 4) is 17.0 Å². The molecule has 1 aromatic heterocycles. The van der Waals surface area contributed by atoms with E-state index >= 15 is 0 Å². The molecule has 0 aliphatic carbocycles. The van der Waals surface area contributed by atoms with Crippen molar-refractivity contribution in [2.75, 3.05) is 17.2 Å². The number of nitrogens with zero attached hydrogens (tertiary/aromatic N) is 1. The first-order valence-electron chi connectivity index (χ1n) is 11.2. The van der Waals surface area contributed by atoms with Crippen LogP contribution >= 0.6 is 23.1 Å². The highest BCUT2D eigenvalue weighted by molar-refractivity contribution is 8.00. The molecule has 0 spiro atoms. The quantitative estimate of drug-likeness (QED) is 0.239. The van der Waals surface area contributed by atoms with Crippen molar-refractivity contribution in [1.29, 1.82) is 0 Å². The number of benzene rings is 3. The molecular weight excluding hydrogens is 497 g/mol. The van der Waals surface area contributed by atoms with Crippen LogP contribution in [0.2, 0.25) is 0 Å². The molecule has 4 rings (SSSR count). The summed E-state index contributed by atoms with van der Waals surface area (Å²) < 4.78 is 19.4. The van der Waals surface area contributed by atoms with E-state index in [4.69, 9.17) is 4.74 Å². The van der Waals surface area contributed by atoms with Crippen LogP contribution in [-0.4, -0.2) is 28.7 Å². The van der Waals surface area contributed by atoms with E-state index in [9.17, 15) is 14.0 Å². The molecule has 9 heteroatoms. The summed E-state index contributed by atoms with van der Waals surface area (Å²) in [5.74, 6) is -0.507. The molecule has 6 nitrogen and oxygen atoms in total. The third-order valence-electron chi connectivity index (χ3n) is 5.09. The Morgan fingerprint density at radius 2 is 1.83 bits per heavy atom. The van der Waals surface area contributed by atoms with Gasteiger partial charge in [0.1, 0.15) is 11.6 Å². The highest BCUT2D eigenvalue weighted by atomic mass is 32.2. The van der Waals surface area contributed by atoms with Gasteiger partial charge in [0.2, 0.25) is 5.91 Å². The van der Waals surface area contributed by atoms with E-state index in [1.165, 1.54) is 41.3 Å². The van der Waals surface area contributed by atoms with Crippen molar-refractivity contribution in [1.82, 2.24) is 4.98 Å². The summed E-state index contributed by atoms with van der Waals surface area (Å²) in [5, 5.41) is 7.56. The summed E-state index contributed by atoms with van der Waals surface area (Å²) in [6, 6.07) is 20.5. The second-order valence-electron chi connectivity index (χ2n) is 7.71. The first-order valence-corrected chi connectivity index (χ1v) is 13.0. The minimum absolute atomic E-state index is 0.0312. The maximum atomic E-state index is 13.9. The summed E-state index contributed by atoms with van der Waals surface area (Å²) >= 11 is 2.70. The molecule has 184 valence electrons. The predicted molar refractivity (Wildman–Crippen MR) is 143 cm³/mol. The fourth-order valence-corrected chi connectivity index (χ4v) is 4.96. The number of carbonyl (C=O) groups excluding carboxylic acids is 2. The third-order valence-corrected chi connectivity index (χ3v) is 6.94. The van der Waals surface area contributed by atoms with Gasteiger partial charge < -0.3 is 15.4 Å². The Balaban J connectivity index is 1.35. The average Bonchev–Trinajstić information content (AvgIpc) is 3.33. The van der Waals surface area contributed by atoms with Gasteiger partial charge in [-0.05, 0) is 68.4 Å². The summed E-state index contributed by atoms with van der Waals surface area (Å²) in [6.07, 6.45) is 0. The van der Waals surface area contributed by atoms with Crippen LogP contribution in [0.1, 0.15) is 24.2 Å². The Hall–Kier alpha value is -3.69.